The van der Waals surface area contributed by atoms with Crippen LogP contribution in [0.3, 0.4) is 0 Å². The molecule has 0 saturated carbocycles. The maximum Gasteiger partial charge on any atom is 0.237 e. The highest BCUT2D eigenvalue weighted by atomic mass is 35.5. The lowest BCUT2D eigenvalue weighted by atomic mass is 10.2. The van der Waals surface area contributed by atoms with Gasteiger partial charge in [0.05, 0.1) is 16.0 Å². The van der Waals surface area contributed by atoms with E-state index in [1.165, 1.54) is 0 Å². The molecule has 16 heavy (non-hydrogen) atoms. The van der Waals surface area contributed by atoms with Crippen molar-refractivity contribution in [2.45, 2.75) is 23.5 Å². The maximum atomic E-state index is 11.7. The monoisotopic (exact) mass is 256 g/mol. The Hall–Kier alpha value is -0.710. The van der Waals surface area contributed by atoms with Crippen LogP contribution in [0.5, 0.6) is 0 Å². The molecule has 1 unspecified atom stereocenters. The fourth-order valence-corrected chi connectivity index (χ4v) is 3.31. The summed E-state index contributed by atoms with van der Waals surface area (Å²) in [6.45, 7) is 2.50. The number of aryl methyl sites for hydroxylation is 1. The number of amides is 1. The van der Waals surface area contributed by atoms with E-state index in [0.29, 0.717) is 18.0 Å². The fraction of sp³-hybridized carbons (Fsp3) is 0.364. The summed E-state index contributed by atoms with van der Waals surface area (Å²) in [5.41, 5.74) is 7.31. The molecular formula is C11H13ClN2OS. The minimum Gasteiger partial charge on any atom is -0.330 e. The minimum atomic E-state index is -0.102. The highest BCUT2D eigenvalue weighted by Crippen LogP contribution is 2.41. The Bertz CT molecular complexity index is 436. The van der Waals surface area contributed by atoms with E-state index < -0.39 is 0 Å². The number of nitrogens with one attached hydrogen (secondary N) is 1. The molecule has 5 heteroatoms. The second-order valence-corrected chi connectivity index (χ2v) is 5.44. The number of rotatable bonds is 2. The lowest BCUT2D eigenvalue weighted by Crippen LogP contribution is -2.30. The van der Waals surface area contributed by atoms with Crippen LogP contribution in [0, 0.1) is 6.92 Å². The molecule has 1 aliphatic rings. The summed E-state index contributed by atoms with van der Waals surface area (Å²) in [4.78, 5) is 12.8. The van der Waals surface area contributed by atoms with Gasteiger partial charge in [0.1, 0.15) is 0 Å². The Morgan fingerprint density at radius 3 is 3.00 bits per heavy atom. The number of hydrogen-bond acceptors (Lipinski definition) is 3. The topological polar surface area (TPSA) is 55.1 Å². The van der Waals surface area contributed by atoms with Crippen LogP contribution in [0.15, 0.2) is 17.0 Å². The maximum absolute atomic E-state index is 11.7. The molecule has 1 atom stereocenters. The molecule has 1 aromatic rings. The van der Waals surface area contributed by atoms with Gasteiger partial charge in [-0.25, -0.2) is 0 Å². The summed E-state index contributed by atoms with van der Waals surface area (Å²) in [6.07, 6.45) is 0.682. The standard InChI is InChI=1S/C11H13ClN2OS/c1-6-4-7(12)10-9(5-6)16-8(2-3-13)11(15)14-10/h4-5,8H,2-3,13H2,1H3,(H,14,15). The van der Waals surface area contributed by atoms with E-state index in [4.69, 9.17) is 17.3 Å². The molecule has 0 aliphatic carbocycles. The first-order chi connectivity index (χ1) is 7.61. The first-order valence-electron chi connectivity index (χ1n) is 5.09. The molecular weight excluding hydrogens is 244 g/mol. The van der Waals surface area contributed by atoms with Gasteiger partial charge in [0.2, 0.25) is 5.91 Å². The van der Waals surface area contributed by atoms with Crippen molar-refractivity contribution in [1.82, 2.24) is 0 Å². The van der Waals surface area contributed by atoms with E-state index in [-0.39, 0.29) is 11.2 Å². The summed E-state index contributed by atoms with van der Waals surface area (Å²) in [5.74, 6) is -0.00583. The van der Waals surface area contributed by atoms with Crippen LogP contribution < -0.4 is 11.1 Å². The SMILES string of the molecule is Cc1cc(Cl)c2c(c1)SC(CCN)C(=O)N2. The van der Waals surface area contributed by atoms with Crippen molar-refractivity contribution in [3.8, 4) is 0 Å². The summed E-state index contributed by atoms with van der Waals surface area (Å²) >= 11 is 7.63. The first kappa shape index (κ1) is 11.8. The number of nitrogens with two attached hydrogens (primary N) is 1. The van der Waals surface area contributed by atoms with E-state index in [2.05, 4.69) is 5.32 Å². The highest BCUT2D eigenvalue weighted by molar-refractivity contribution is 8.01. The number of carbonyl (C=O) groups is 1. The van der Waals surface area contributed by atoms with Crippen molar-refractivity contribution in [2.24, 2.45) is 5.73 Å². The largest absolute Gasteiger partial charge is 0.330 e. The Balaban J connectivity index is 2.35. The molecule has 1 aromatic carbocycles. The molecule has 0 spiro atoms. The zero-order valence-corrected chi connectivity index (χ0v) is 10.5. The van der Waals surface area contributed by atoms with E-state index in [1.54, 1.807) is 11.8 Å². The van der Waals surface area contributed by atoms with Crippen molar-refractivity contribution in [3.63, 3.8) is 0 Å². The van der Waals surface area contributed by atoms with Crippen LogP contribution >= 0.6 is 23.4 Å². The number of carbonyl (C=O) groups excluding carboxylic acids is 1. The Morgan fingerprint density at radius 2 is 2.31 bits per heavy atom. The fourth-order valence-electron chi connectivity index (χ4n) is 1.68. The molecule has 0 saturated heterocycles. The third-order valence-corrected chi connectivity index (χ3v) is 4.05. The van der Waals surface area contributed by atoms with Crippen molar-refractivity contribution < 1.29 is 4.79 Å². The summed E-state index contributed by atoms with van der Waals surface area (Å²) < 4.78 is 0. The van der Waals surface area contributed by atoms with Gasteiger partial charge in [0.25, 0.3) is 0 Å². The molecule has 0 aromatic heterocycles. The van der Waals surface area contributed by atoms with E-state index in [0.717, 1.165) is 16.1 Å². The van der Waals surface area contributed by atoms with Crippen LogP contribution in [-0.4, -0.2) is 17.7 Å². The molecule has 0 radical (unpaired) electrons. The Kier molecular flexibility index (Phi) is 3.42. The van der Waals surface area contributed by atoms with E-state index >= 15 is 0 Å². The summed E-state index contributed by atoms with van der Waals surface area (Å²) in [6, 6.07) is 3.89. The highest BCUT2D eigenvalue weighted by Gasteiger charge is 2.27. The van der Waals surface area contributed by atoms with Crippen molar-refractivity contribution in [1.29, 1.82) is 0 Å². The minimum absolute atomic E-state index is 0.00583. The average molecular weight is 257 g/mol. The first-order valence-corrected chi connectivity index (χ1v) is 6.35. The second kappa shape index (κ2) is 4.65. The molecule has 86 valence electrons. The van der Waals surface area contributed by atoms with Gasteiger partial charge in [-0.1, -0.05) is 11.6 Å². The van der Waals surface area contributed by atoms with Gasteiger partial charge in [-0.2, -0.15) is 0 Å². The smallest absolute Gasteiger partial charge is 0.237 e. The average Bonchev–Trinajstić information content (AvgIpc) is 2.21. The molecule has 1 amide bonds. The Morgan fingerprint density at radius 1 is 1.56 bits per heavy atom. The van der Waals surface area contributed by atoms with Crippen molar-refractivity contribution >= 4 is 35.0 Å². The van der Waals surface area contributed by atoms with Crippen molar-refractivity contribution in [3.05, 3.63) is 22.7 Å². The Labute approximate surface area is 104 Å². The number of anilines is 1. The molecule has 0 bridgehead atoms. The van der Waals surface area contributed by atoms with Gasteiger partial charge in [-0.05, 0) is 37.6 Å². The number of hydrogen-bond donors (Lipinski definition) is 2. The van der Waals surface area contributed by atoms with Gasteiger partial charge in [-0.3, -0.25) is 4.79 Å². The number of thioether (sulfide) groups is 1. The molecule has 1 aliphatic heterocycles. The normalized spacial score (nSPS) is 19.2. The van der Waals surface area contributed by atoms with Crippen LogP contribution in [-0.2, 0) is 4.79 Å². The van der Waals surface area contributed by atoms with E-state index in [9.17, 15) is 4.79 Å². The summed E-state index contributed by atoms with van der Waals surface area (Å²) in [5, 5.41) is 3.34. The van der Waals surface area contributed by atoms with E-state index in [1.807, 2.05) is 19.1 Å². The predicted octanol–water partition coefficient (Wildman–Crippen LogP) is 2.41. The van der Waals surface area contributed by atoms with Crippen LogP contribution in [0.25, 0.3) is 0 Å². The van der Waals surface area contributed by atoms with Crippen LogP contribution in [0.1, 0.15) is 12.0 Å². The molecule has 2 rings (SSSR count). The van der Waals surface area contributed by atoms with Crippen LogP contribution in [0.4, 0.5) is 5.69 Å². The predicted molar refractivity (Wildman–Crippen MR) is 68.1 cm³/mol. The van der Waals surface area contributed by atoms with Gasteiger partial charge < -0.3 is 11.1 Å². The lowest BCUT2D eigenvalue weighted by molar-refractivity contribution is -0.115. The number of halogens is 1. The van der Waals surface area contributed by atoms with Gasteiger partial charge in [0.15, 0.2) is 0 Å². The molecule has 1 heterocycles. The number of fused-ring (bicyclic) bond motifs is 1. The summed E-state index contributed by atoms with van der Waals surface area (Å²) in [7, 11) is 0. The molecule has 3 N–H and O–H groups in total. The lowest BCUT2D eigenvalue weighted by Gasteiger charge is -2.24. The third-order valence-electron chi connectivity index (χ3n) is 2.44. The zero-order valence-electron chi connectivity index (χ0n) is 8.92. The van der Waals surface area contributed by atoms with Gasteiger partial charge >= 0.3 is 0 Å². The van der Waals surface area contributed by atoms with Gasteiger partial charge in [-0.15, -0.1) is 11.8 Å². The number of benzene rings is 1. The quantitative estimate of drug-likeness (QED) is 0.854. The molecule has 0 fully saturated rings. The van der Waals surface area contributed by atoms with Crippen LogP contribution in [0.2, 0.25) is 5.02 Å². The van der Waals surface area contributed by atoms with Crippen molar-refractivity contribution in [2.75, 3.05) is 11.9 Å². The zero-order chi connectivity index (χ0) is 11.7. The molecule has 3 nitrogen and oxygen atoms in total. The second-order valence-electron chi connectivity index (χ2n) is 3.79. The third kappa shape index (κ3) is 2.19. The van der Waals surface area contributed by atoms with Gasteiger partial charge in [0, 0.05) is 4.90 Å².